The molecule has 0 saturated heterocycles. The van der Waals surface area contributed by atoms with Gasteiger partial charge in [0, 0.05) is 0 Å². The van der Waals surface area contributed by atoms with Gasteiger partial charge in [0.2, 0.25) is 0 Å². The van der Waals surface area contributed by atoms with Crippen LogP contribution in [-0.2, 0) is 5.60 Å². The normalized spacial score (nSPS) is 20.0. The highest BCUT2D eigenvalue weighted by atomic mass is 16.3. The maximum Gasteiger partial charge on any atom is 0.0873 e. The molecule has 82 valence electrons. The molecule has 1 fully saturated rings. The zero-order chi connectivity index (χ0) is 11.1. The van der Waals surface area contributed by atoms with E-state index in [1.807, 2.05) is 6.92 Å². The van der Waals surface area contributed by atoms with Gasteiger partial charge in [-0.05, 0) is 44.2 Å². The Balaban J connectivity index is 2.25. The maximum atomic E-state index is 10.5. The van der Waals surface area contributed by atoms with Gasteiger partial charge in [0.15, 0.2) is 0 Å². The van der Waals surface area contributed by atoms with Crippen molar-refractivity contribution in [1.29, 1.82) is 0 Å². The van der Waals surface area contributed by atoms with Gasteiger partial charge < -0.3 is 5.11 Å². The largest absolute Gasteiger partial charge is 0.385 e. The quantitative estimate of drug-likeness (QED) is 0.801. The summed E-state index contributed by atoms with van der Waals surface area (Å²) in [7, 11) is 0. The first-order valence-electron chi connectivity index (χ1n) is 5.79. The van der Waals surface area contributed by atoms with Crippen LogP contribution >= 0.6 is 0 Å². The second kappa shape index (κ2) is 3.64. The highest BCUT2D eigenvalue weighted by molar-refractivity contribution is 5.34. The molecule has 15 heavy (non-hydrogen) atoms. The summed E-state index contributed by atoms with van der Waals surface area (Å²) in [6.45, 7) is 6.12. The van der Waals surface area contributed by atoms with Crippen LogP contribution in [0, 0.1) is 19.8 Å². The summed E-state index contributed by atoms with van der Waals surface area (Å²) in [5.74, 6) is 0.751. The minimum atomic E-state index is -0.640. The van der Waals surface area contributed by atoms with Gasteiger partial charge in [-0.15, -0.1) is 0 Å². The van der Waals surface area contributed by atoms with Gasteiger partial charge >= 0.3 is 0 Å². The molecule has 1 saturated carbocycles. The van der Waals surface area contributed by atoms with Crippen molar-refractivity contribution < 1.29 is 5.11 Å². The molecule has 1 N–H and O–H groups in total. The van der Waals surface area contributed by atoms with E-state index in [9.17, 15) is 5.11 Å². The first-order valence-corrected chi connectivity index (χ1v) is 5.79. The van der Waals surface area contributed by atoms with Gasteiger partial charge in [0.1, 0.15) is 0 Å². The molecule has 0 aliphatic heterocycles. The molecule has 1 heteroatoms. The second-order valence-electron chi connectivity index (χ2n) is 5.24. The van der Waals surface area contributed by atoms with Gasteiger partial charge in [-0.25, -0.2) is 0 Å². The molecular formula is C14H20O. The van der Waals surface area contributed by atoms with Crippen molar-refractivity contribution in [3.05, 3.63) is 34.9 Å². The van der Waals surface area contributed by atoms with E-state index in [0.29, 0.717) is 0 Å². The van der Waals surface area contributed by atoms with Crippen LogP contribution in [0.1, 0.15) is 42.9 Å². The lowest BCUT2D eigenvalue weighted by Crippen LogP contribution is -2.23. The number of hydrogen-bond acceptors (Lipinski definition) is 1. The van der Waals surface area contributed by atoms with Crippen LogP contribution in [0.4, 0.5) is 0 Å². The Morgan fingerprint density at radius 3 is 2.53 bits per heavy atom. The van der Waals surface area contributed by atoms with Gasteiger partial charge in [0.05, 0.1) is 5.60 Å². The topological polar surface area (TPSA) is 20.2 Å². The van der Waals surface area contributed by atoms with Crippen molar-refractivity contribution in [1.82, 2.24) is 0 Å². The number of aliphatic hydroxyl groups is 1. The molecule has 1 nitrogen and oxygen atoms in total. The van der Waals surface area contributed by atoms with Crippen LogP contribution in [0.5, 0.6) is 0 Å². The zero-order valence-electron chi connectivity index (χ0n) is 9.88. The molecule has 1 aliphatic carbocycles. The SMILES string of the molecule is Cc1ccc(C(C)(O)CC2CC2)c(C)c1. The molecule has 0 bridgehead atoms. The molecular weight excluding hydrogens is 184 g/mol. The monoisotopic (exact) mass is 204 g/mol. The van der Waals surface area contributed by atoms with Crippen molar-refractivity contribution in [2.45, 2.75) is 45.6 Å². The van der Waals surface area contributed by atoms with Crippen LogP contribution in [-0.4, -0.2) is 5.11 Å². The van der Waals surface area contributed by atoms with Crippen molar-refractivity contribution >= 4 is 0 Å². The molecule has 0 radical (unpaired) electrons. The van der Waals surface area contributed by atoms with E-state index < -0.39 is 5.60 Å². The lowest BCUT2D eigenvalue weighted by atomic mass is 9.87. The Morgan fingerprint density at radius 1 is 1.33 bits per heavy atom. The van der Waals surface area contributed by atoms with Crippen molar-refractivity contribution in [2.75, 3.05) is 0 Å². The lowest BCUT2D eigenvalue weighted by molar-refractivity contribution is 0.0411. The number of hydrogen-bond donors (Lipinski definition) is 1. The fourth-order valence-corrected chi connectivity index (χ4v) is 2.41. The summed E-state index contributed by atoms with van der Waals surface area (Å²) in [5.41, 5.74) is 2.93. The van der Waals surface area contributed by atoms with Crippen molar-refractivity contribution in [2.24, 2.45) is 5.92 Å². The molecule has 1 aromatic rings. The predicted octanol–water partition coefficient (Wildman–Crippen LogP) is 3.31. The first kappa shape index (κ1) is 10.7. The molecule has 1 unspecified atom stereocenters. The fourth-order valence-electron chi connectivity index (χ4n) is 2.41. The summed E-state index contributed by atoms with van der Waals surface area (Å²) >= 11 is 0. The van der Waals surface area contributed by atoms with Crippen molar-refractivity contribution in [3.8, 4) is 0 Å². The number of aryl methyl sites for hydroxylation is 2. The first-order chi connectivity index (χ1) is 6.99. The van der Waals surface area contributed by atoms with Gasteiger partial charge in [0.25, 0.3) is 0 Å². The van der Waals surface area contributed by atoms with Gasteiger partial charge in [-0.1, -0.05) is 36.6 Å². The standard InChI is InChI=1S/C14H20O/c1-10-4-7-13(11(2)8-10)14(3,15)9-12-5-6-12/h4,7-8,12,15H,5-6,9H2,1-3H3. The molecule has 0 amide bonds. The van der Waals surface area contributed by atoms with E-state index in [4.69, 9.17) is 0 Å². The van der Waals surface area contributed by atoms with E-state index in [1.165, 1.54) is 24.0 Å². The number of benzene rings is 1. The molecule has 0 heterocycles. The third-order valence-electron chi connectivity index (χ3n) is 3.35. The lowest BCUT2D eigenvalue weighted by Gasteiger charge is -2.26. The van der Waals surface area contributed by atoms with Gasteiger partial charge in [-0.3, -0.25) is 0 Å². The molecule has 1 aromatic carbocycles. The Hall–Kier alpha value is -0.820. The van der Waals surface area contributed by atoms with E-state index in [2.05, 4.69) is 32.0 Å². The fraction of sp³-hybridized carbons (Fsp3) is 0.571. The highest BCUT2D eigenvalue weighted by Crippen LogP contribution is 2.41. The number of rotatable bonds is 3. The van der Waals surface area contributed by atoms with Gasteiger partial charge in [-0.2, -0.15) is 0 Å². The Bertz CT molecular complexity index is 362. The molecule has 1 atom stereocenters. The highest BCUT2D eigenvalue weighted by Gasteiger charge is 2.33. The van der Waals surface area contributed by atoms with Crippen LogP contribution in [0.15, 0.2) is 18.2 Å². The predicted molar refractivity (Wildman–Crippen MR) is 62.8 cm³/mol. The summed E-state index contributed by atoms with van der Waals surface area (Å²) in [6.07, 6.45) is 3.50. The Kier molecular flexibility index (Phi) is 2.59. The third-order valence-corrected chi connectivity index (χ3v) is 3.35. The molecule has 0 spiro atoms. The van der Waals surface area contributed by atoms with E-state index in [0.717, 1.165) is 17.9 Å². The smallest absolute Gasteiger partial charge is 0.0873 e. The minimum Gasteiger partial charge on any atom is -0.385 e. The average molecular weight is 204 g/mol. The summed E-state index contributed by atoms with van der Waals surface area (Å²) in [4.78, 5) is 0. The van der Waals surface area contributed by atoms with E-state index in [-0.39, 0.29) is 0 Å². The molecule has 0 aromatic heterocycles. The van der Waals surface area contributed by atoms with Crippen LogP contribution in [0.25, 0.3) is 0 Å². The van der Waals surface area contributed by atoms with E-state index in [1.54, 1.807) is 0 Å². The third kappa shape index (κ3) is 2.40. The zero-order valence-corrected chi connectivity index (χ0v) is 9.88. The summed E-state index contributed by atoms with van der Waals surface area (Å²) in [6, 6.07) is 6.31. The van der Waals surface area contributed by atoms with Crippen LogP contribution in [0.2, 0.25) is 0 Å². The Labute approximate surface area is 92.1 Å². The van der Waals surface area contributed by atoms with Crippen molar-refractivity contribution in [3.63, 3.8) is 0 Å². The molecule has 1 aliphatic rings. The maximum absolute atomic E-state index is 10.5. The average Bonchev–Trinajstić information content (AvgIpc) is 2.86. The Morgan fingerprint density at radius 2 is 2.00 bits per heavy atom. The summed E-state index contributed by atoms with van der Waals surface area (Å²) in [5, 5.41) is 10.5. The minimum absolute atomic E-state index is 0.640. The molecule has 2 rings (SSSR count). The van der Waals surface area contributed by atoms with Crippen LogP contribution in [0.3, 0.4) is 0 Å². The van der Waals surface area contributed by atoms with E-state index >= 15 is 0 Å². The summed E-state index contributed by atoms with van der Waals surface area (Å²) < 4.78 is 0. The second-order valence-corrected chi connectivity index (χ2v) is 5.24. The van der Waals surface area contributed by atoms with Crippen LogP contribution < -0.4 is 0 Å².